The second-order valence-electron chi connectivity index (χ2n) is 5.05. The normalized spacial score (nSPS) is 13.2. The van der Waals surface area contributed by atoms with Gasteiger partial charge in [-0.15, -0.1) is 0 Å². The number of hydrogen-bond acceptors (Lipinski definition) is 4. The van der Waals surface area contributed by atoms with Gasteiger partial charge in [0, 0.05) is 0 Å². The van der Waals surface area contributed by atoms with E-state index in [0.717, 1.165) is 0 Å². The molecular formula is C16H19FN2O4. The third-order valence-electron chi connectivity index (χ3n) is 3.02. The van der Waals surface area contributed by atoms with Crippen molar-refractivity contribution in [2.45, 2.75) is 19.1 Å². The van der Waals surface area contributed by atoms with E-state index >= 15 is 0 Å². The Kier molecular flexibility index (Phi) is 5.99. The molecule has 0 aliphatic rings. The topological polar surface area (TPSA) is 83.7 Å². The highest BCUT2D eigenvalue weighted by atomic mass is 19.1. The first kappa shape index (κ1) is 16.8. The van der Waals surface area contributed by atoms with Crippen molar-refractivity contribution in [1.29, 1.82) is 0 Å². The molecule has 1 aromatic carbocycles. The van der Waals surface area contributed by atoms with Gasteiger partial charge in [0.25, 0.3) is 0 Å². The van der Waals surface area contributed by atoms with Crippen LogP contribution in [0.4, 0.5) is 9.18 Å². The Bertz CT molecular complexity index is 601. The molecule has 6 nitrogen and oxygen atoms in total. The largest absolute Gasteiger partial charge is 0.491 e. The number of amides is 2. The molecule has 0 bridgehead atoms. The molecule has 0 saturated carbocycles. The fraction of sp³-hybridized carbons (Fsp3) is 0.312. The summed E-state index contributed by atoms with van der Waals surface area (Å²) >= 11 is 0. The molecule has 124 valence electrons. The average Bonchev–Trinajstić information content (AvgIpc) is 3.06. The first-order valence-electron chi connectivity index (χ1n) is 7.19. The summed E-state index contributed by atoms with van der Waals surface area (Å²) in [4.78, 5) is 11.7. The van der Waals surface area contributed by atoms with Crippen LogP contribution >= 0.6 is 0 Å². The van der Waals surface area contributed by atoms with Crippen molar-refractivity contribution in [2.75, 3.05) is 13.2 Å². The number of furan rings is 1. The average molecular weight is 322 g/mol. The molecule has 0 aliphatic carbocycles. The fourth-order valence-electron chi connectivity index (χ4n) is 1.84. The van der Waals surface area contributed by atoms with Crippen LogP contribution in [0, 0.1) is 5.82 Å². The summed E-state index contributed by atoms with van der Waals surface area (Å²) in [6.45, 7) is 2.04. The Morgan fingerprint density at radius 2 is 2.09 bits per heavy atom. The molecule has 2 rings (SSSR count). The van der Waals surface area contributed by atoms with Crippen LogP contribution in [0.25, 0.3) is 0 Å². The molecule has 1 heterocycles. The number of benzene rings is 1. The van der Waals surface area contributed by atoms with Gasteiger partial charge in [0.15, 0.2) is 0 Å². The van der Waals surface area contributed by atoms with Gasteiger partial charge in [0.2, 0.25) is 0 Å². The number of carbonyl (C=O) groups is 1. The minimum Gasteiger partial charge on any atom is -0.491 e. The summed E-state index contributed by atoms with van der Waals surface area (Å²) in [7, 11) is 0. The minimum atomic E-state index is -0.901. The van der Waals surface area contributed by atoms with Gasteiger partial charge in [-0.1, -0.05) is 0 Å². The standard InChI is InChI=1S/C16H19FN2O4/c1-11(10-23-13-6-4-12(17)5-7-13)19-16(21)18-9-14(20)15-3-2-8-22-15/h2-8,11,14,20H,9-10H2,1H3,(H2,18,19,21). The Hall–Kier alpha value is -2.54. The maximum absolute atomic E-state index is 12.8. The zero-order valence-electron chi connectivity index (χ0n) is 12.7. The Morgan fingerprint density at radius 1 is 1.35 bits per heavy atom. The maximum Gasteiger partial charge on any atom is 0.315 e. The highest BCUT2D eigenvalue weighted by Crippen LogP contribution is 2.12. The third kappa shape index (κ3) is 5.63. The van der Waals surface area contributed by atoms with Crippen LogP contribution in [-0.2, 0) is 0 Å². The van der Waals surface area contributed by atoms with E-state index in [1.807, 2.05) is 0 Å². The van der Waals surface area contributed by atoms with Gasteiger partial charge in [-0.25, -0.2) is 9.18 Å². The van der Waals surface area contributed by atoms with Crippen LogP contribution in [-0.4, -0.2) is 30.3 Å². The Morgan fingerprint density at radius 3 is 2.74 bits per heavy atom. The predicted octanol–water partition coefficient (Wildman–Crippen LogP) is 2.22. The maximum atomic E-state index is 12.8. The molecule has 7 heteroatoms. The fourth-order valence-corrected chi connectivity index (χ4v) is 1.84. The van der Waals surface area contributed by atoms with Crippen molar-refractivity contribution in [3.05, 3.63) is 54.2 Å². The predicted molar refractivity (Wildman–Crippen MR) is 81.6 cm³/mol. The zero-order chi connectivity index (χ0) is 16.7. The second-order valence-corrected chi connectivity index (χ2v) is 5.05. The molecule has 2 atom stereocenters. The molecule has 0 aliphatic heterocycles. The van der Waals surface area contributed by atoms with E-state index in [1.54, 1.807) is 19.1 Å². The molecule has 0 radical (unpaired) electrons. The van der Waals surface area contributed by atoms with Gasteiger partial charge in [0.1, 0.15) is 30.0 Å². The highest BCUT2D eigenvalue weighted by Gasteiger charge is 2.13. The number of carbonyl (C=O) groups excluding carboxylic acids is 1. The minimum absolute atomic E-state index is 0.0326. The lowest BCUT2D eigenvalue weighted by atomic mass is 10.3. The molecule has 2 aromatic rings. The lowest BCUT2D eigenvalue weighted by Gasteiger charge is -2.16. The molecular weight excluding hydrogens is 303 g/mol. The molecule has 0 fully saturated rings. The van der Waals surface area contributed by atoms with E-state index in [2.05, 4.69) is 10.6 Å². The van der Waals surface area contributed by atoms with Gasteiger partial charge in [-0.2, -0.15) is 0 Å². The summed E-state index contributed by atoms with van der Waals surface area (Å²) in [6.07, 6.45) is 0.551. The molecule has 2 unspecified atom stereocenters. The highest BCUT2D eigenvalue weighted by molar-refractivity contribution is 5.74. The van der Waals surface area contributed by atoms with Crippen LogP contribution in [0.3, 0.4) is 0 Å². The quantitative estimate of drug-likeness (QED) is 0.730. The number of ether oxygens (including phenoxy) is 1. The van der Waals surface area contributed by atoms with Crippen LogP contribution < -0.4 is 15.4 Å². The number of urea groups is 1. The van der Waals surface area contributed by atoms with Crippen LogP contribution in [0.2, 0.25) is 0 Å². The number of hydrogen-bond donors (Lipinski definition) is 3. The summed E-state index contributed by atoms with van der Waals surface area (Å²) in [5, 5.41) is 15.0. The van der Waals surface area contributed by atoms with Gasteiger partial charge in [-0.05, 0) is 43.3 Å². The van der Waals surface area contributed by atoms with Crippen molar-refractivity contribution < 1.29 is 23.4 Å². The Labute approximate surface area is 133 Å². The second kappa shape index (κ2) is 8.19. The number of aliphatic hydroxyl groups is 1. The summed E-state index contributed by atoms with van der Waals surface area (Å²) in [5.74, 6) is 0.574. The van der Waals surface area contributed by atoms with Crippen molar-refractivity contribution in [3.8, 4) is 5.75 Å². The first-order chi connectivity index (χ1) is 11.0. The lowest BCUT2D eigenvalue weighted by molar-refractivity contribution is 0.147. The monoisotopic (exact) mass is 322 g/mol. The van der Waals surface area contributed by atoms with Crippen molar-refractivity contribution in [3.63, 3.8) is 0 Å². The van der Waals surface area contributed by atoms with E-state index in [4.69, 9.17) is 9.15 Å². The summed E-state index contributed by atoms with van der Waals surface area (Å²) in [5.41, 5.74) is 0. The van der Waals surface area contributed by atoms with E-state index < -0.39 is 12.1 Å². The molecule has 2 amide bonds. The van der Waals surface area contributed by atoms with Crippen LogP contribution in [0.5, 0.6) is 5.75 Å². The molecule has 0 spiro atoms. The van der Waals surface area contributed by atoms with Crippen molar-refractivity contribution in [2.24, 2.45) is 0 Å². The first-order valence-corrected chi connectivity index (χ1v) is 7.19. The van der Waals surface area contributed by atoms with Gasteiger partial charge < -0.3 is 24.9 Å². The number of nitrogens with one attached hydrogen (secondary N) is 2. The third-order valence-corrected chi connectivity index (χ3v) is 3.02. The van der Waals surface area contributed by atoms with Gasteiger partial charge >= 0.3 is 6.03 Å². The van der Waals surface area contributed by atoms with E-state index in [0.29, 0.717) is 11.5 Å². The van der Waals surface area contributed by atoms with E-state index in [9.17, 15) is 14.3 Å². The number of aliphatic hydroxyl groups excluding tert-OH is 1. The lowest BCUT2D eigenvalue weighted by Crippen LogP contribution is -2.44. The summed E-state index contributed by atoms with van der Waals surface area (Å²) < 4.78 is 23.2. The van der Waals surface area contributed by atoms with Gasteiger partial charge in [-0.3, -0.25) is 0 Å². The molecule has 0 saturated heterocycles. The molecule has 1 aromatic heterocycles. The van der Waals surface area contributed by atoms with E-state index in [-0.39, 0.29) is 25.0 Å². The van der Waals surface area contributed by atoms with Gasteiger partial charge in [0.05, 0.1) is 18.8 Å². The SMILES string of the molecule is CC(COc1ccc(F)cc1)NC(=O)NCC(O)c1ccco1. The van der Waals surface area contributed by atoms with Crippen LogP contribution in [0.1, 0.15) is 18.8 Å². The van der Waals surface area contributed by atoms with Crippen molar-refractivity contribution >= 4 is 6.03 Å². The Balaban J connectivity index is 1.67. The molecule has 3 N–H and O–H groups in total. The zero-order valence-corrected chi connectivity index (χ0v) is 12.7. The molecule has 23 heavy (non-hydrogen) atoms. The van der Waals surface area contributed by atoms with Crippen LogP contribution in [0.15, 0.2) is 47.1 Å². The van der Waals surface area contributed by atoms with E-state index in [1.165, 1.54) is 30.5 Å². The summed E-state index contributed by atoms with van der Waals surface area (Å²) in [6, 6.07) is 8.24. The van der Waals surface area contributed by atoms with Crippen molar-refractivity contribution in [1.82, 2.24) is 10.6 Å². The number of rotatable bonds is 7. The number of halogens is 1. The smallest absolute Gasteiger partial charge is 0.315 e.